The predicted octanol–water partition coefficient (Wildman–Crippen LogP) is 1.15. The second kappa shape index (κ2) is 6.92. The van der Waals surface area contributed by atoms with Crippen LogP contribution in [0, 0.1) is 0 Å². The summed E-state index contributed by atoms with van der Waals surface area (Å²) >= 11 is 0. The topological polar surface area (TPSA) is 81.8 Å². The number of carbonyl (C=O) groups is 1. The zero-order valence-electron chi connectivity index (χ0n) is 8.80. The summed E-state index contributed by atoms with van der Waals surface area (Å²) in [6.45, 7) is 0.757. The van der Waals surface area contributed by atoms with Gasteiger partial charge in [0.15, 0.2) is 11.5 Å². The number of halogens is 1. The van der Waals surface area contributed by atoms with Gasteiger partial charge < -0.3 is 20.3 Å². The summed E-state index contributed by atoms with van der Waals surface area (Å²) in [5.41, 5.74) is 5.45. The van der Waals surface area contributed by atoms with Crippen LogP contribution in [0.3, 0.4) is 0 Å². The van der Waals surface area contributed by atoms with Gasteiger partial charge in [0, 0.05) is 6.54 Å². The number of nitrogens with two attached hydrogens (primary N) is 1. The van der Waals surface area contributed by atoms with Crippen molar-refractivity contribution in [2.45, 2.75) is 0 Å². The van der Waals surface area contributed by atoms with E-state index in [4.69, 9.17) is 20.3 Å². The van der Waals surface area contributed by atoms with Gasteiger partial charge in [0.1, 0.15) is 6.61 Å². The van der Waals surface area contributed by atoms with Crippen LogP contribution < -0.4 is 15.2 Å². The molecule has 0 amide bonds. The molecule has 16 heavy (non-hydrogen) atoms. The Morgan fingerprint density at radius 1 is 1.44 bits per heavy atom. The number of rotatable bonds is 5. The third kappa shape index (κ3) is 3.60. The van der Waals surface area contributed by atoms with Crippen LogP contribution in [0.25, 0.3) is 0 Å². The fraction of sp³-hybridized carbons (Fsp3) is 0.300. The van der Waals surface area contributed by atoms with Gasteiger partial charge in [0.2, 0.25) is 0 Å². The van der Waals surface area contributed by atoms with Gasteiger partial charge in [-0.25, -0.2) is 4.79 Å². The van der Waals surface area contributed by atoms with E-state index in [1.165, 1.54) is 19.2 Å². The molecule has 3 N–H and O–H groups in total. The molecule has 0 fully saturated rings. The number of aromatic carboxylic acids is 1. The van der Waals surface area contributed by atoms with Gasteiger partial charge in [-0.05, 0) is 18.2 Å². The van der Waals surface area contributed by atoms with Crippen LogP contribution in [-0.2, 0) is 0 Å². The van der Waals surface area contributed by atoms with Crippen molar-refractivity contribution in [3.05, 3.63) is 23.8 Å². The lowest BCUT2D eigenvalue weighted by atomic mass is 10.2. The minimum Gasteiger partial charge on any atom is -0.493 e. The van der Waals surface area contributed by atoms with Gasteiger partial charge in [-0.3, -0.25) is 0 Å². The van der Waals surface area contributed by atoms with Gasteiger partial charge in [-0.1, -0.05) is 0 Å². The van der Waals surface area contributed by atoms with Crippen molar-refractivity contribution < 1.29 is 19.4 Å². The minimum atomic E-state index is -1.00. The van der Waals surface area contributed by atoms with Gasteiger partial charge in [0.05, 0.1) is 12.7 Å². The van der Waals surface area contributed by atoms with Crippen LogP contribution in [0.2, 0.25) is 0 Å². The lowest BCUT2D eigenvalue weighted by Gasteiger charge is -2.10. The van der Waals surface area contributed by atoms with E-state index in [9.17, 15) is 4.79 Å². The van der Waals surface area contributed by atoms with Crippen molar-refractivity contribution in [3.8, 4) is 11.5 Å². The third-order valence-corrected chi connectivity index (χ3v) is 1.79. The van der Waals surface area contributed by atoms with Crippen molar-refractivity contribution in [2.24, 2.45) is 5.73 Å². The number of benzene rings is 1. The van der Waals surface area contributed by atoms with Gasteiger partial charge in [-0.15, -0.1) is 12.4 Å². The quantitative estimate of drug-likeness (QED) is 0.816. The molecule has 1 aromatic rings. The van der Waals surface area contributed by atoms with E-state index < -0.39 is 5.97 Å². The van der Waals surface area contributed by atoms with Crippen molar-refractivity contribution in [1.29, 1.82) is 0 Å². The first kappa shape index (κ1) is 14.5. The highest BCUT2D eigenvalue weighted by Gasteiger charge is 2.09. The molecule has 0 aliphatic carbocycles. The fourth-order valence-electron chi connectivity index (χ4n) is 1.09. The first-order valence-corrected chi connectivity index (χ1v) is 4.43. The Kier molecular flexibility index (Phi) is 6.29. The molecule has 0 atom stereocenters. The molecular formula is C10H14ClNO4. The maximum absolute atomic E-state index is 10.7. The highest BCUT2D eigenvalue weighted by atomic mass is 35.5. The Hall–Kier alpha value is -1.46. The van der Waals surface area contributed by atoms with E-state index in [0.717, 1.165) is 0 Å². The summed E-state index contributed by atoms with van der Waals surface area (Å²) in [7, 11) is 1.45. The van der Waals surface area contributed by atoms with E-state index >= 15 is 0 Å². The molecule has 6 heteroatoms. The maximum Gasteiger partial charge on any atom is 0.335 e. The number of carboxylic acids is 1. The molecule has 0 aromatic heterocycles. The molecule has 90 valence electrons. The van der Waals surface area contributed by atoms with Gasteiger partial charge >= 0.3 is 5.97 Å². The normalized spacial score (nSPS) is 9.12. The number of methoxy groups -OCH3 is 1. The maximum atomic E-state index is 10.7. The van der Waals surface area contributed by atoms with Crippen molar-refractivity contribution >= 4 is 18.4 Å². The van der Waals surface area contributed by atoms with Crippen LogP contribution in [0.15, 0.2) is 18.2 Å². The van der Waals surface area contributed by atoms with Gasteiger partial charge in [-0.2, -0.15) is 0 Å². The number of hydrogen-bond acceptors (Lipinski definition) is 4. The van der Waals surface area contributed by atoms with Crippen molar-refractivity contribution in [1.82, 2.24) is 0 Å². The Balaban J connectivity index is 0.00000225. The Labute approximate surface area is 99.6 Å². The summed E-state index contributed by atoms with van der Waals surface area (Å²) in [5.74, 6) is -0.116. The number of ether oxygens (including phenoxy) is 2. The van der Waals surface area contributed by atoms with Crippen LogP contribution >= 0.6 is 12.4 Å². The molecular weight excluding hydrogens is 234 g/mol. The molecule has 0 saturated heterocycles. The summed E-state index contributed by atoms with van der Waals surface area (Å²) in [4.78, 5) is 10.7. The van der Waals surface area contributed by atoms with Gasteiger partial charge in [0.25, 0.3) is 0 Å². The summed E-state index contributed by atoms with van der Waals surface area (Å²) in [6, 6.07) is 4.42. The number of hydrogen-bond donors (Lipinski definition) is 2. The molecule has 0 aliphatic rings. The van der Waals surface area contributed by atoms with Crippen LogP contribution in [-0.4, -0.2) is 31.3 Å². The average molecular weight is 248 g/mol. The Morgan fingerprint density at radius 3 is 2.62 bits per heavy atom. The first-order valence-electron chi connectivity index (χ1n) is 4.43. The molecule has 1 rings (SSSR count). The molecule has 1 aromatic carbocycles. The highest BCUT2D eigenvalue weighted by molar-refractivity contribution is 5.88. The van der Waals surface area contributed by atoms with E-state index in [0.29, 0.717) is 24.7 Å². The van der Waals surface area contributed by atoms with Crippen LogP contribution in [0.1, 0.15) is 10.4 Å². The molecule has 0 bridgehead atoms. The number of carboxylic acid groups (broad SMARTS) is 1. The highest BCUT2D eigenvalue weighted by Crippen LogP contribution is 2.27. The zero-order valence-corrected chi connectivity index (χ0v) is 9.62. The van der Waals surface area contributed by atoms with E-state index in [1.807, 2.05) is 0 Å². The molecule has 0 radical (unpaired) electrons. The third-order valence-electron chi connectivity index (χ3n) is 1.79. The SMILES string of the molecule is COc1cc(C(=O)O)ccc1OCCN.Cl. The Morgan fingerprint density at radius 2 is 2.12 bits per heavy atom. The first-order chi connectivity index (χ1) is 7.19. The standard InChI is InChI=1S/C10H13NO4.ClH/c1-14-9-6-7(10(12)13)2-3-8(9)15-5-4-11;/h2-3,6H,4-5,11H2,1H3,(H,12,13);1H. The fourth-order valence-corrected chi connectivity index (χ4v) is 1.09. The summed E-state index contributed by atoms with van der Waals surface area (Å²) in [5, 5.41) is 8.76. The monoisotopic (exact) mass is 247 g/mol. The molecule has 0 spiro atoms. The average Bonchev–Trinajstić information content (AvgIpc) is 2.25. The lowest BCUT2D eigenvalue weighted by molar-refractivity contribution is 0.0696. The van der Waals surface area contributed by atoms with Crippen LogP contribution in [0.5, 0.6) is 11.5 Å². The summed E-state index contributed by atoms with van der Waals surface area (Å²) < 4.78 is 10.3. The second-order valence-electron chi connectivity index (χ2n) is 2.81. The molecule has 0 saturated carbocycles. The molecule has 0 unspecified atom stereocenters. The van der Waals surface area contributed by atoms with E-state index in [-0.39, 0.29) is 18.0 Å². The van der Waals surface area contributed by atoms with Crippen molar-refractivity contribution in [2.75, 3.05) is 20.3 Å². The minimum absolute atomic E-state index is 0. The summed E-state index contributed by atoms with van der Waals surface area (Å²) in [6.07, 6.45) is 0. The predicted molar refractivity (Wildman–Crippen MR) is 61.8 cm³/mol. The van der Waals surface area contributed by atoms with Crippen molar-refractivity contribution in [3.63, 3.8) is 0 Å². The smallest absolute Gasteiger partial charge is 0.335 e. The molecule has 0 aliphatic heterocycles. The largest absolute Gasteiger partial charge is 0.493 e. The lowest BCUT2D eigenvalue weighted by Crippen LogP contribution is -2.11. The second-order valence-corrected chi connectivity index (χ2v) is 2.81. The van der Waals surface area contributed by atoms with E-state index in [1.54, 1.807) is 6.07 Å². The molecule has 0 heterocycles. The van der Waals surface area contributed by atoms with E-state index in [2.05, 4.69) is 0 Å². The van der Waals surface area contributed by atoms with Crippen LogP contribution in [0.4, 0.5) is 0 Å². The zero-order chi connectivity index (χ0) is 11.3. The Bertz CT molecular complexity index is 357. The molecule has 5 nitrogen and oxygen atoms in total.